The summed E-state index contributed by atoms with van der Waals surface area (Å²) in [6, 6.07) is 1.47. The highest BCUT2D eigenvalue weighted by Gasteiger charge is 2.37. The van der Waals surface area contributed by atoms with Crippen molar-refractivity contribution in [1.29, 1.82) is 5.26 Å². The quantitative estimate of drug-likeness (QED) is 0.729. The van der Waals surface area contributed by atoms with E-state index in [0.717, 1.165) is 0 Å². The van der Waals surface area contributed by atoms with Crippen molar-refractivity contribution in [2.45, 2.75) is 38.4 Å². The van der Waals surface area contributed by atoms with Gasteiger partial charge in [0.05, 0.1) is 17.7 Å². The van der Waals surface area contributed by atoms with Crippen LogP contribution in [0.1, 0.15) is 37.8 Å². The van der Waals surface area contributed by atoms with Crippen molar-refractivity contribution in [1.82, 2.24) is 15.2 Å². The van der Waals surface area contributed by atoms with Crippen LogP contribution in [0.3, 0.4) is 0 Å². The van der Waals surface area contributed by atoms with E-state index in [-0.39, 0.29) is 42.6 Å². The highest BCUT2D eigenvalue weighted by molar-refractivity contribution is 5.81. The number of urea groups is 1. The summed E-state index contributed by atoms with van der Waals surface area (Å²) in [5, 5.41) is 11.7. The number of hydrogen-bond donors (Lipinski definition) is 2. The zero-order valence-corrected chi connectivity index (χ0v) is 16.3. The smallest absolute Gasteiger partial charge is 0.417 e. The minimum absolute atomic E-state index is 0.0906. The molecule has 2 heterocycles. The number of primary amides is 1. The summed E-state index contributed by atoms with van der Waals surface area (Å²) in [6.45, 7) is 3.24. The van der Waals surface area contributed by atoms with Crippen molar-refractivity contribution >= 4 is 11.9 Å². The van der Waals surface area contributed by atoms with E-state index in [1.54, 1.807) is 32.1 Å². The first-order valence-corrected chi connectivity index (χ1v) is 8.91. The van der Waals surface area contributed by atoms with Gasteiger partial charge in [-0.25, -0.2) is 9.78 Å². The average Bonchev–Trinajstić information content (AvgIpc) is 2.66. The van der Waals surface area contributed by atoms with Crippen LogP contribution in [0.2, 0.25) is 0 Å². The molecule has 1 atom stereocenters. The van der Waals surface area contributed by atoms with Crippen molar-refractivity contribution in [2.24, 2.45) is 5.73 Å². The lowest BCUT2D eigenvalue weighted by Gasteiger charge is -2.41. The summed E-state index contributed by atoms with van der Waals surface area (Å²) >= 11 is 0. The van der Waals surface area contributed by atoms with E-state index in [4.69, 9.17) is 15.7 Å². The van der Waals surface area contributed by atoms with E-state index in [2.05, 4.69) is 10.3 Å². The molecule has 0 bridgehead atoms. The van der Waals surface area contributed by atoms with Crippen LogP contribution in [0, 0.1) is 11.3 Å². The lowest BCUT2D eigenvalue weighted by molar-refractivity contribution is -0.137. The zero-order valence-electron chi connectivity index (χ0n) is 16.3. The number of hydrogen-bond acceptors (Lipinski definition) is 5. The fourth-order valence-electron chi connectivity index (χ4n) is 2.82. The van der Waals surface area contributed by atoms with Gasteiger partial charge in [0.2, 0.25) is 11.8 Å². The van der Waals surface area contributed by atoms with Gasteiger partial charge in [0.15, 0.2) is 0 Å². The molecule has 1 aromatic rings. The molecule has 30 heavy (non-hydrogen) atoms. The Kier molecular flexibility index (Phi) is 6.71. The zero-order chi connectivity index (χ0) is 22.5. The van der Waals surface area contributed by atoms with Crippen molar-refractivity contribution in [2.75, 3.05) is 6.61 Å². The Morgan fingerprint density at radius 3 is 2.70 bits per heavy atom. The third kappa shape index (κ3) is 5.08. The molecule has 0 aromatic carbocycles. The summed E-state index contributed by atoms with van der Waals surface area (Å²) < 4.78 is 43.7. The number of nitriles is 1. The lowest BCUT2D eigenvalue weighted by atomic mass is 9.93. The third-order valence-corrected chi connectivity index (χ3v) is 4.42. The first-order valence-electron chi connectivity index (χ1n) is 8.91. The molecule has 3 amide bonds. The topological polar surface area (TPSA) is 121 Å². The number of aromatic nitrogens is 1. The number of amides is 3. The molecule has 11 heteroatoms. The van der Waals surface area contributed by atoms with Crippen LogP contribution in [0.25, 0.3) is 0 Å². The fourth-order valence-corrected chi connectivity index (χ4v) is 2.82. The molecular weight excluding hydrogens is 403 g/mol. The van der Waals surface area contributed by atoms with E-state index in [0.29, 0.717) is 12.3 Å². The van der Waals surface area contributed by atoms with Crippen LogP contribution in [0.5, 0.6) is 5.88 Å². The van der Waals surface area contributed by atoms with Gasteiger partial charge in [-0.2, -0.15) is 18.4 Å². The average molecular weight is 423 g/mol. The number of nitrogens with one attached hydrogen (secondary N) is 1. The Bertz CT molecular complexity index is 936. The maximum absolute atomic E-state index is 12.8. The van der Waals surface area contributed by atoms with Gasteiger partial charge in [-0.05, 0) is 19.1 Å². The maximum Gasteiger partial charge on any atom is 0.417 e. The largest absolute Gasteiger partial charge is 0.477 e. The molecule has 3 N–H and O–H groups in total. The molecule has 160 valence electrons. The molecule has 0 saturated heterocycles. The van der Waals surface area contributed by atoms with E-state index >= 15 is 0 Å². The van der Waals surface area contributed by atoms with E-state index in [9.17, 15) is 22.8 Å². The second-order valence-corrected chi connectivity index (χ2v) is 6.63. The van der Waals surface area contributed by atoms with Crippen molar-refractivity contribution in [3.05, 3.63) is 47.4 Å². The van der Waals surface area contributed by atoms with Gasteiger partial charge in [0.25, 0.3) is 0 Å². The first-order chi connectivity index (χ1) is 14.0. The van der Waals surface area contributed by atoms with Crippen molar-refractivity contribution in [3.63, 3.8) is 0 Å². The molecule has 0 spiro atoms. The van der Waals surface area contributed by atoms with Crippen molar-refractivity contribution < 1.29 is 27.5 Å². The lowest BCUT2D eigenvalue weighted by Crippen LogP contribution is -2.55. The van der Waals surface area contributed by atoms with Gasteiger partial charge >= 0.3 is 12.2 Å². The van der Waals surface area contributed by atoms with Gasteiger partial charge in [0, 0.05) is 19.0 Å². The number of nitrogens with two attached hydrogens (primary N) is 1. The molecule has 1 unspecified atom stereocenters. The minimum atomic E-state index is -4.63. The number of nitrogens with zero attached hydrogens (tertiary/aromatic N) is 3. The van der Waals surface area contributed by atoms with E-state index < -0.39 is 23.3 Å². The van der Waals surface area contributed by atoms with Gasteiger partial charge in [0.1, 0.15) is 17.5 Å². The number of carbonyl (C=O) groups excluding carboxylic acids is 2. The molecule has 0 aliphatic carbocycles. The van der Waals surface area contributed by atoms with E-state index in [1.165, 1.54) is 11.0 Å². The van der Waals surface area contributed by atoms with Gasteiger partial charge < -0.3 is 15.8 Å². The standard InChI is InChI=1S/C19H20F3N5O3/c1-3-15(28)26-14-5-4-6-18(2,27(14)17(24)29)7-8-30-16-12(10-23)9-13(11-25-16)19(20,21)22/h4-6,9,11H,3,7-8H2,1-2H3,(H2,24,29)(H,26,28). The van der Waals surface area contributed by atoms with Crippen LogP contribution in [-0.4, -0.2) is 34.0 Å². The number of alkyl halides is 3. The fraction of sp³-hybridized carbons (Fsp3) is 0.368. The number of pyridine rings is 1. The van der Waals surface area contributed by atoms with Gasteiger partial charge in [-0.1, -0.05) is 19.1 Å². The summed E-state index contributed by atoms with van der Waals surface area (Å²) in [5.74, 6) is -0.367. The van der Waals surface area contributed by atoms with Crippen LogP contribution < -0.4 is 15.8 Å². The molecule has 1 aromatic heterocycles. The SMILES string of the molecule is CCC(=O)NC1=CC=CC(C)(CCOc2ncc(C(F)(F)F)cc2C#N)N1C(N)=O. The molecule has 0 saturated carbocycles. The Morgan fingerprint density at radius 1 is 1.43 bits per heavy atom. The van der Waals surface area contributed by atoms with E-state index in [1.807, 2.05) is 0 Å². The predicted molar refractivity (Wildman–Crippen MR) is 99.6 cm³/mol. The maximum atomic E-state index is 12.8. The highest BCUT2D eigenvalue weighted by Crippen LogP contribution is 2.32. The molecule has 0 radical (unpaired) electrons. The first kappa shape index (κ1) is 22.7. The molecule has 2 rings (SSSR count). The van der Waals surface area contributed by atoms with Crippen molar-refractivity contribution in [3.8, 4) is 11.9 Å². The Morgan fingerprint density at radius 2 is 2.13 bits per heavy atom. The number of halogens is 3. The monoisotopic (exact) mass is 423 g/mol. The molecule has 0 fully saturated rings. The number of rotatable bonds is 6. The Labute approximate surface area is 170 Å². The summed E-state index contributed by atoms with van der Waals surface area (Å²) in [6.07, 6.45) is 1.13. The molecule has 1 aliphatic rings. The number of ether oxygens (including phenoxy) is 1. The van der Waals surface area contributed by atoms with Crippen LogP contribution in [0.4, 0.5) is 18.0 Å². The second kappa shape index (κ2) is 8.86. The second-order valence-electron chi connectivity index (χ2n) is 6.63. The van der Waals surface area contributed by atoms with Crippen LogP contribution in [-0.2, 0) is 11.0 Å². The normalized spacial score (nSPS) is 18.4. The summed E-state index contributed by atoms with van der Waals surface area (Å²) in [7, 11) is 0. The number of allylic oxidation sites excluding steroid dienone is 2. The molecular formula is C19H20F3N5O3. The minimum Gasteiger partial charge on any atom is -0.477 e. The summed E-state index contributed by atoms with van der Waals surface area (Å²) in [4.78, 5) is 28.5. The van der Waals surface area contributed by atoms with Crippen LogP contribution in [0.15, 0.2) is 36.3 Å². The molecule has 8 nitrogen and oxygen atoms in total. The number of carbonyl (C=O) groups is 2. The predicted octanol–water partition coefficient (Wildman–Crippen LogP) is 2.82. The highest BCUT2D eigenvalue weighted by atomic mass is 19.4. The Balaban J connectivity index is 2.15. The third-order valence-electron chi connectivity index (χ3n) is 4.42. The summed E-state index contributed by atoms with van der Waals surface area (Å²) in [5.41, 5.74) is 3.08. The van der Waals surface area contributed by atoms with Gasteiger partial charge in [-0.3, -0.25) is 9.69 Å². The van der Waals surface area contributed by atoms with Gasteiger partial charge in [-0.15, -0.1) is 0 Å². The molecule has 1 aliphatic heterocycles. The Hall–Kier alpha value is -3.55. The van der Waals surface area contributed by atoms with Crippen LogP contribution >= 0.6 is 0 Å².